The SMILES string of the molecule is COc1ccccc1CNC1CCN(S(=O)(=O)c2ccc(N)cc2)CC1. The van der Waals surface area contributed by atoms with Crippen LogP contribution < -0.4 is 15.8 Å². The minimum Gasteiger partial charge on any atom is -0.496 e. The average molecular weight is 375 g/mol. The first-order valence-electron chi connectivity index (χ1n) is 8.71. The molecule has 26 heavy (non-hydrogen) atoms. The molecule has 140 valence electrons. The number of nitrogens with one attached hydrogen (secondary N) is 1. The maximum Gasteiger partial charge on any atom is 0.243 e. The van der Waals surface area contributed by atoms with Gasteiger partial charge >= 0.3 is 0 Å². The summed E-state index contributed by atoms with van der Waals surface area (Å²) >= 11 is 0. The number of methoxy groups -OCH3 is 1. The van der Waals surface area contributed by atoms with Crippen molar-refractivity contribution in [1.82, 2.24) is 9.62 Å². The van der Waals surface area contributed by atoms with Gasteiger partial charge in [0, 0.05) is 36.9 Å². The minimum atomic E-state index is -3.45. The number of piperidine rings is 1. The van der Waals surface area contributed by atoms with Crippen LogP contribution in [-0.2, 0) is 16.6 Å². The van der Waals surface area contributed by atoms with Crippen molar-refractivity contribution in [3.63, 3.8) is 0 Å². The van der Waals surface area contributed by atoms with Crippen molar-refractivity contribution in [2.45, 2.75) is 30.3 Å². The van der Waals surface area contributed by atoms with E-state index in [1.807, 2.05) is 24.3 Å². The summed E-state index contributed by atoms with van der Waals surface area (Å²) in [6, 6.07) is 14.6. The van der Waals surface area contributed by atoms with Gasteiger partial charge in [-0.1, -0.05) is 18.2 Å². The first kappa shape index (κ1) is 18.7. The summed E-state index contributed by atoms with van der Waals surface area (Å²) in [5.41, 5.74) is 7.31. The third kappa shape index (κ3) is 4.17. The first-order chi connectivity index (χ1) is 12.5. The second-order valence-corrected chi connectivity index (χ2v) is 8.38. The molecule has 7 heteroatoms. The van der Waals surface area contributed by atoms with Crippen LogP contribution in [0.2, 0.25) is 0 Å². The van der Waals surface area contributed by atoms with Gasteiger partial charge in [-0.05, 0) is 43.2 Å². The summed E-state index contributed by atoms with van der Waals surface area (Å²) in [5.74, 6) is 0.864. The van der Waals surface area contributed by atoms with E-state index in [4.69, 9.17) is 10.5 Å². The van der Waals surface area contributed by atoms with Crippen molar-refractivity contribution in [1.29, 1.82) is 0 Å². The van der Waals surface area contributed by atoms with E-state index in [1.54, 1.807) is 35.7 Å². The molecule has 1 saturated heterocycles. The van der Waals surface area contributed by atoms with Crippen molar-refractivity contribution in [2.75, 3.05) is 25.9 Å². The highest BCUT2D eigenvalue weighted by atomic mass is 32.2. The number of para-hydroxylation sites is 1. The fourth-order valence-corrected chi connectivity index (χ4v) is 4.66. The maximum atomic E-state index is 12.7. The lowest BCUT2D eigenvalue weighted by atomic mass is 10.1. The Balaban J connectivity index is 1.56. The van der Waals surface area contributed by atoms with E-state index >= 15 is 0 Å². The summed E-state index contributed by atoms with van der Waals surface area (Å²) in [6.45, 7) is 1.73. The van der Waals surface area contributed by atoms with Gasteiger partial charge in [-0.2, -0.15) is 4.31 Å². The Bertz CT molecular complexity index is 829. The van der Waals surface area contributed by atoms with Gasteiger partial charge < -0.3 is 15.8 Å². The number of benzene rings is 2. The second kappa shape index (κ2) is 8.07. The topological polar surface area (TPSA) is 84.7 Å². The molecule has 0 spiro atoms. The summed E-state index contributed by atoms with van der Waals surface area (Å²) < 4.78 is 32.4. The molecule has 0 aliphatic carbocycles. The highest BCUT2D eigenvalue weighted by molar-refractivity contribution is 7.89. The van der Waals surface area contributed by atoms with Gasteiger partial charge in [0.25, 0.3) is 0 Å². The number of anilines is 1. The molecule has 0 aromatic heterocycles. The van der Waals surface area contributed by atoms with E-state index < -0.39 is 10.0 Å². The Labute approximate surface area is 155 Å². The number of hydrogen-bond donors (Lipinski definition) is 2. The summed E-state index contributed by atoms with van der Waals surface area (Å²) in [5, 5.41) is 3.51. The molecule has 0 atom stereocenters. The zero-order valence-corrected chi connectivity index (χ0v) is 15.7. The molecule has 0 unspecified atom stereocenters. The zero-order valence-electron chi connectivity index (χ0n) is 14.9. The fourth-order valence-electron chi connectivity index (χ4n) is 3.19. The molecule has 1 fully saturated rings. The van der Waals surface area contributed by atoms with Crippen LogP contribution in [-0.4, -0.2) is 39.0 Å². The van der Waals surface area contributed by atoms with Crippen LogP contribution in [0.1, 0.15) is 18.4 Å². The van der Waals surface area contributed by atoms with Crippen molar-refractivity contribution >= 4 is 15.7 Å². The fraction of sp³-hybridized carbons (Fsp3) is 0.368. The van der Waals surface area contributed by atoms with E-state index in [2.05, 4.69) is 5.32 Å². The lowest BCUT2D eigenvalue weighted by Crippen LogP contribution is -2.44. The number of nitrogen functional groups attached to an aromatic ring is 1. The number of ether oxygens (including phenoxy) is 1. The predicted octanol–water partition coefficient (Wildman–Crippen LogP) is 2.22. The highest BCUT2D eigenvalue weighted by Crippen LogP contribution is 2.22. The lowest BCUT2D eigenvalue weighted by molar-refractivity contribution is 0.287. The summed E-state index contributed by atoms with van der Waals surface area (Å²) in [6.07, 6.45) is 1.56. The van der Waals surface area contributed by atoms with Gasteiger partial charge in [0.05, 0.1) is 12.0 Å². The smallest absolute Gasteiger partial charge is 0.243 e. The Morgan fingerprint density at radius 1 is 1.12 bits per heavy atom. The van der Waals surface area contributed by atoms with Gasteiger partial charge in [0.1, 0.15) is 5.75 Å². The monoisotopic (exact) mass is 375 g/mol. The lowest BCUT2D eigenvalue weighted by Gasteiger charge is -2.32. The number of hydrogen-bond acceptors (Lipinski definition) is 5. The Morgan fingerprint density at radius 3 is 2.42 bits per heavy atom. The predicted molar refractivity (Wildman–Crippen MR) is 102 cm³/mol. The van der Waals surface area contributed by atoms with E-state index in [1.165, 1.54) is 0 Å². The van der Waals surface area contributed by atoms with E-state index in [0.717, 1.165) is 24.2 Å². The molecule has 1 aliphatic heterocycles. The molecule has 3 N–H and O–H groups in total. The standard InChI is InChI=1S/C19H25N3O3S/c1-25-19-5-3-2-4-15(19)14-21-17-10-12-22(13-11-17)26(23,24)18-8-6-16(20)7-9-18/h2-9,17,21H,10-14,20H2,1H3. The molecule has 0 radical (unpaired) electrons. The summed E-state index contributed by atoms with van der Waals surface area (Å²) in [7, 11) is -1.78. The number of sulfonamides is 1. The van der Waals surface area contributed by atoms with E-state index in [9.17, 15) is 8.42 Å². The van der Waals surface area contributed by atoms with Crippen molar-refractivity contribution in [3.05, 3.63) is 54.1 Å². The Hall–Kier alpha value is -2.09. The minimum absolute atomic E-state index is 0.290. The molecule has 2 aromatic rings. The van der Waals surface area contributed by atoms with Crippen molar-refractivity contribution in [2.24, 2.45) is 0 Å². The molecular weight excluding hydrogens is 350 g/mol. The number of nitrogens with two attached hydrogens (primary N) is 1. The normalized spacial score (nSPS) is 16.5. The largest absolute Gasteiger partial charge is 0.496 e. The van der Waals surface area contributed by atoms with Gasteiger partial charge in [0.15, 0.2) is 0 Å². The maximum absolute atomic E-state index is 12.7. The third-order valence-corrected chi connectivity index (χ3v) is 6.66. The average Bonchev–Trinajstić information content (AvgIpc) is 2.67. The molecule has 3 rings (SSSR count). The van der Waals surface area contributed by atoms with Crippen LogP contribution in [0.4, 0.5) is 5.69 Å². The van der Waals surface area contributed by atoms with Gasteiger partial charge in [-0.25, -0.2) is 8.42 Å². The van der Waals surface area contributed by atoms with Crippen LogP contribution in [0.25, 0.3) is 0 Å². The van der Waals surface area contributed by atoms with Crippen molar-refractivity contribution < 1.29 is 13.2 Å². The van der Waals surface area contributed by atoms with Crippen LogP contribution >= 0.6 is 0 Å². The zero-order chi connectivity index (χ0) is 18.6. The molecule has 1 aliphatic rings. The quantitative estimate of drug-likeness (QED) is 0.757. The molecule has 2 aromatic carbocycles. The Kier molecular flexibility index (Phi) is 5.80. The molecular formula is C19H25N3O3S. The van der Waals surface area contributed by atoms with Crippen molar-refractivity contribution in [3.8, 4) is 5.75 Å². The molecule has 0 saturated carbocycles. The van der Waals surface area contributed by atoms with Crippen LogP contribution in [0.5, 0.6) is 5.75 Å². The molecule has 0 amide bonds. The second-order valence-electron chi connectivity index (χ2n) is 6.44. The van der Waals surface area contributed by atoms with E-state index in [-0.39, 0.29) is 6.04 Å². The highest BCUT2D eigenvalue weighted by Gasteiger charge is 2.29. The summed E-state index contributed by atoms with van der Waals surface area (Å²) in [4.78, 5) is 0.298. The Morgan fingerprint density at radius 2 is 1.77 bits per heavy atom. The van der Waals surface area contributed by atoms with Crippen LogP contribution in [0.3, 0.4) is 0 Å². The molecule has 0 bridgehead atoms. The van der Waals surface area contributed by atoms with Gasteiger partial charge in [-0.3, -0.25) is 0 Å². The van der Waals surface area contributed by atoms with Gasteiger partial charge in [0.2, 0.25) is 10.0 Å². The third-order valence-electron chi connectivity index (χ3n) is 4.75. The first-order valence-corrected chi connectivity index (χ1v) is 10.2. The molecule has 6 nitrogen and oxygen atoms in total. The number of nitrogens with zero attached hydrogens (tertiary/aromatic N) is 1. The van der Waals surface area contributed by atoms with E-state index in [0.29, 0.717) is 30.2 Å². The number of rotatable bonds is 6. The van der Waals surface area contributed by atoms with Gasteiger partial charge in [-0.15, -0.1) is 0 Å². The molecule has 1 heterocycles. The van der Waals surface area contributed by atoms with Crippen LogP contribution in [0.15, 0.2) is 53.4 Å². The van der Waals surface area contributed by atoms with Crippen LogP contribution in [0, 0.1) is 0 Å².